The van der Waals surface area contributed by atoms with E-state index in [1.807, 2.05) is 12.1 Å². The molecule has 1 saturated heterocycles. The van der Waals surface area contributed by atoms with Gasteiger partial charge in [-0.05, 0) is 48.6 Å². The van der Waals surface area contributed by atoms with Crippen LogP contribution in [0.5, 0.6) is 0 Å². The minimum atomic E-state index is -0.385. The van der Waals surface area contributed by atoms with Gasteiger partial charge in [-0.2, -0.15) is 0 Å². The van der Waals surface area contributed by atoms with Crippen molar-refractivity contribution in [3.63, 3.8) is 0 Å². The number of cyclic esters (lactones) is 1. The van der Waals surface area contributed by atoms with E-state index in [4.69, 9.17) is 4.74 Å². The number of amides is 2. The molecule has 28 heavy (non-hydrogen) atoms. The molecule has 0 bridgehead atoms. The molecule has 1 unspecified atom stereocenters. The maximum atomic E-state index is 12.7. The van der Waals surface area contributed by atoms with Crippen LogP contribution in [0.1, 0.15) is 39.9 Å². The topological polar surface area (TPSA) is 78.9 Å². The van der Waals surface area contributed by atoms with Crippen molar-refractivity contribution in [2.45, 2.75) is 37.4 Å². The van der Waals surface area contributed by atoms with Crippen LogP contribution in [0.25, 0.3) is 0 Å². The van der Waals surface area contributed by atoms with Crippen LogP contribution >= 0.6 is 0 Å². The summed E-state index contributed by atoms with van der Waals surface area (Å²) in [4.78, 5) is 26.1. The summed E-state index contributed by atoms with van der Waals surface area (Å²) in [5.41, 5.74) is 4.25. The van der Waals surface area contributed by atoms with E-state index < -0.39 is 0 Å². The van der Waals surface area contributed by atoms with Crippen molar-refractivity contribution in [3.8, 4) is 0 Å². The Morgan fingerprint density at radius 2 is 1.93 bits per heavy atom. The molecule has 1 spiro atoms. The molecule has 2 N–H and O–H groups in total. The third kappa shape index (κ3) is 2.59. The first-order chi connectivity index (χ1) is 13.6. The molecule has 1 aliphatic carbocycles. The molecule has 6 heteroatoms. The van der Waals surface area contributed by atoms with E-state index in [9.17, 15) is 14.7 Å². The molecule has 3 aliphatic rings. The second kappa shape index (κ2) is 6.34. The van der Waals surface area contributed by atoms with Crippen molar-refractivity contribution in [1.29, 1.82) is 0 Å². The molecule has 5 rings (SSSR count). The van der Waals surface area contributed by atoms with Crippen LogP contribution in [0.3, 0.4) is 0 Å². The van der Waals surface area contributed by atoms with Crippen molar-refractivity contribution in [1.82, 2.24) is 4.90 Å². The fraction of sp³-hybridized carbons (Fsp3) is 0.364. The number of esters is 1. The zero-order valence-electron chi connectivity index (χ0n) is 15.5. The van der Waals surface area contributed by atoms with Gasteiger partial charge < -0.3 is 20.1 Å². The second-order valence-corrected chi connectivity index (χ2v) is 7.90. The lowest BCUT2D eigenvalue weighted by Crippen LogP contribution is -2.50. The molecule has 2 aliphatic heterocycles. The Labute approximate surface area is 163 Å². The lowest BCUT2D eigenvalue weighted by Gasteiger charge is -2.42. The number of aliphatic hydroxyl groups excluding tert-OH is 1. The van der Waals surface area contributed by atoms with Crippen LogP contribution in [-0.2, 0) is 23.2 Å². The van der Waals surface area contributed by atoms with Crippen molar-refractivity contribution in [2.24, 2.45) is 0 Å². The van der Waals surface area contributed by atoms with E-state index in [1.54, 1.807) is 23.1 Å². The Hall–Kier alpha value is -2.86. The van der Waals surface area contributed by atoms with Crippen LogP contribution in [0.2, 0.25) is 0 Å². The minimum absolute atomic E-state index is 0.152. The molecule has 2 amide bonds. The van der Waals surface area contributed by atoms with Gasteiger partial charge in [0.2, 0.25) is 0 Å². The maximum absolute atomic E-state index is 12.7. The summed E-state index contributed by atoms with van der Waals surface area (Å²) in [6.45, 7) is 1.45. The number of nitrogens with one attached hydrogen (secondary N) is 1. The van der Waals surface area contributed by atoms with E-state index in [1.165, 1.54) is 11.1 Å². The SMILES string of the molecule is O=C1OCc2cc(NC(=O)N3CCC4(CC3)c3ccccc3CC4O)ccc21. The zero-order chi connectivity index (χ0) is 19.3. The fourth-order valence-corrected chi connectivity index (χ4v) is 4.89. The monoisotopic (exact) mass is 378 g/mol. The highest BCUT2D eigenvalue weighted by Crippen LogP contribution is 2.46. The number of rotatable bonds is 1. The number of aliphatic hydroxyl groups is 1. The molecule has 6 nitrogen and oxygen atoms in total. The highest BCUT2D eigenvalue weighted by molar-refractivity contribution is 5.95. The number of benzene rings is 2. The Morgan fingerprint density at radius 1 is 1.14 bits per heavy atom. The van der Waals surface area contributed by atoms with E-state index in [-0.39, 0.29) is 30.1 Å². The lowest BCUT2D eigenvalue weighted by molar-refractivity contribution is 0.0530. The van der Waals surface area contributed by atoms with Crippen molar-refractivity contribution < 1.29 is 19.4 Å². The molecule has 1 fully saturated rings. The summed E-state index contributed by atoms with van der Waals surface area (Å²) in [5.74, 6) is -0.315. The van der Waals surface area contributed by atoms with Gasteiger partial charge in [0.25, 0.3) is 0 Å². The molecule has 0 aromatic heterocycles. The molecule has 0 saturated carbocycles. The van der Waals surface area contributed by atoms with Crippen LogP contribution < -0.4 is 5.32 Å². The van der Waals surface area contributed by atoms with Gasteiger partial charge in [0.1, 0.15) is 6.61 Å². The fourth-order valence-electron chi connectivity index (χ4n) is 4.89. The van der Waals surface area contributed by atoms with Gasteiger partial charge in [0.05, 0.1) is 11.7 Å². The van der Waals surface area contributed by atoms with Gasteiger partial charge in [0, 0.05) is 29.8 Å². The largest absolute Gasteiger partial charge is 0.457 e. The quantitative estimate of drug-likeness (QED) is 0.748. The first kappa shape index (κ1) is 17.3. The first-order valence-electron chi connectivity index (χ1n) is 9.69. The van der Waals surface area contributed by atoms with E-state index in [0.29, 0.717) is 30.8 Å². The number of hydrogen-bond acceptors (Lipinski definition) is 4. The molecule has 0 radical (unpaired) electrons. The Morgan fingerprint density at radius 3 is 2.75 bits per heavy atom. The molecule has 144 valence electrons. The normalized spacial score (nSPS) is 22.0. The maximum Gasteiger partial charge on any atom is 0.338 e. The lowest BCUT2D eigenvalue weighted by atomic mass is 9.72. The first-order valence-corrected chi connectivity index (χ1v) is 9.69. The summed E-state index contributed by atoms with van der Waals surface area (Å²) in [6, 6.07) is 13.3. The number of urea groups is 1. The van der Waals surface area contributed by atoms with E-state index >= 15 is 0 Å². The molecular formula is C22H22N2O4. The summed E-state index contributed by atoms with van der Waals surface area (Å²) < 4.78 is 5.01. The number of hydrogen-bond donors (Lipinski definition) is 2. The van der Waals surface area contributed by atoms with Gasteiger partial charge in [-0.15, -0.1) is 0 Å². The number of anilines is 1. The van der Waals surface area contributed by atoms with Gasteiger partial charge in [0.15, 0.2) is 0 Å². The van der Waals surface area contributed by atoms with Crippen LogP contribution in [0, 0.1) is 0 Å². The summed E-state index contributed by atoms with van der Waals surface area (Å²) in [6.07, 6.45) is 1.82. The molecule has 2 aromatic rings. The number of likely N-dealkylation sites (tertiary alicyclic amines) is 1. The van der Waals surface area contributed by atoms with Crippen LogP contribution in [0.15, 0.2) is 42.5 Å². The van der Waals surface area contributed by atoms with Crippen molar-refractivity contribution >= 4 is 17.7 Å². The standard InChI is InChI=1S/C22H22N2O4/c25-19-12-14-3-1-2-4-18(14)22(19)7-9-24(10-8-22)21(27)23-16-5-6-17-15(11-16)13-28-20(17)26/h1-6,11,19,25H,7-10,12-13H2,(H,23,27). The predicted octanol–water partition coefficient (Wildman–Crippen LogP) is 2.84. The highest BCUT2D eigenvalue weighted by atomic mass is 16.5. The Bertz CT molecular complexity index is 963. The minimum Gasteiger partial charge on any atom is -0.457 e. The average Bonchev–Trinajstić information content (AvgIpc) is 3.20. The smallest absolute Gasteiger partial charge is 0.338 e. The predicted molar refractivity (Wildman–Crippen MR) is 103 cm³/mol. The molecule has 2 heterocycles. The van der Waals surface area contributed by atoms with Gasteiger partial charge in [-0.1, -0.05) is 24.3 Å². The number of ether oxygens (including phenoxy) is 1. The van der Waals surface area contributed by atoms with Crippen molar-refractivity contribution in [3.05, 3.63) is 64.7 Å². The molecule has 1 atom stereocenters. The number of piperidine rings is 1. The number of fused-ring (bicyclic) bond motifs is 3. The molecule has 2 aromatic carbocycles. The average molecular weight is 378 g/mol. The highest BCUT2D eigenvalue weighted by Gasteiger charge is 2.48. The third-order valence-electron chi connectivity index (χ3n) is 6.48. The van der Waals surface area contributed by atoms with Gasteiger partial charge in [-0.3, -0.25) is 0 Å². The van der Waals surface area contributed by atoms with E-state index in [0.717, 1.165) is 18.4 Å². The Balaban J connectivity index is 1.27. The van der Waals surface area contributed by atoms with Crippen LogP contribution in [0.4, 0.5) is 10.5 Å². The zero-order valence-corrected chi connectivity index (χ0v) is 15.5. The Kier molecular flexibility index (Phi) is 3.91. The second-order valence-electron chi connectivity index (χ2n) is 7.90. The number of carbonyl (C=O) groups is 2. The number of nitrogens with zero attached hydrogens (tertiary/aromatic N) is 1. The summed E-state index contributed by atoms with van der Waals surface area (Å²) in [7, 11) is 0. The van der Waals surface area contributed by atoms with Gasteiger partial charge in [-0.25, -0.2) is 9.59 Å². The summed E-state index contributed by atoms with van der Waals surface area (Å²) in [5, 5.41) is 13.7. The number of carbonyl (C=O) groups excluding carboxylic acids is 2. The van der Waals surface area contributed by atoms with Gasteiger partial charge >= 0.3 is 12.0 Å². The summed E-state index contributed by atoms with van der Waals surface area (Å²) >= 11 is 0. The molecular weight excluding hydrogens is 356 g/mol. The third-order valence-corrected chi connectivity index (χ3v) is 6.48. The van der Waals surface area contributed by atoms with E-state index in [2.05, 4.69) is 17.4 Å². The van der Waals surface area contributed by atoms with Crippen LogP contribution in [-0.4, -0.2) is 41.2 Å². The van der Waals surface area contributed by atoms with Crippen molar-refractivity contribution in [2.75, 3.05) is 18.4 Å².